The van der Waals surface area contributed by atoms with Crippen molar-refractivity contribution in [1.82, 2.24) is 4.98 Å². The molecule has 2 rings (SSSR count). The van der Waals surface area contributed by atoms with Crippen molar-refractivity contribution in [2.24, 2.45) is 0 Å². The van der Waals surface area contributed by atoms with Crippen molar-refractivity contribution in [2.45, 2.75) is 20.4 Å². The molecule has 0 radical (unpaired) electrons. The summed E-state index contributed by atoms with van der Waals surface area (Å²) in [5.41, 5.74) is 3.60. The van der Waals surface area contributed by atoms with E-state index in [1.807, 2.05) is 18.3 Å². The molecule has 18 heavy (non-hydrogen) atoms. The van der Waals surface area contributed by atoms with Gasteiger partial charge in [0.05, 0.1) is 11.9 Å². The molecule has 2 N–H and O–H groups in total. The predicted molar refractivity (Wildman–Crippen MR) is 76.9 cm³/mol. The van der Waals surface area contributed by atoms with E-state index in [2.05, 4.69) is 53.7 Å². The summed E-state index contributed by atoms with van der Waals surface area (Å²) >= 11 is 0. The van der Waals surface area contributed by atoms with Crippen LogP contribution in [0, 0.1) is 6.92 Å². The highest BCUT2D eigenvalue weighted by Crippen LogP contribution is 2.11. The summed E-state index contributed by atoms with van der Waals surface area (Å²) in [6, 6.07) is 12.5. The first-order valence-corrected chi connectivity index (χ1v) is 6.27. The predicted octanol–water partition coefficient (Wildman–Crippen LogP) is 3.43. The maximum absolute atomic E-state index is 4.36. The van der Waals surface area contributed by atoms with Gasteiger partial charge in [-0.3, -0.25) is 0 Å². The average molecular weight is 241 g/mol. The third kappa shape index (κ3) is 3.48. The molecule has 0 spiro atoms. The number of pyridine rings is 1. The SMILES string of the molecule is CCNc1ccc(NCc2ccc(C)cc2)nc1. The van der Waals surface area contributed by atoms with Gasteiger partial charge in [-0.05, 0) is 31.5 Å². The highest BCUT2D eigenvalue weighted by atomic mass is 15.0. The summed E-state index contributed by atoms with van der Waals surface area (Å²) in [4.78, 5) is 4.36. The lowest BCUT2D eigenvalue weighted by Gasteiger charge is -2.07. The fourth-order valence-corrected chi connectivity index (χ4v) is 1.71. The third-order valence-corrected chi connectivity index (χ3v) is 2.74. The van der Waals surface area contributed by atoms with Crippen LogP contribution in [0.1, 0.15) is 18.1 Å². The Morgan fingerprint density at radius 1 is 1.00 bits per heavy atom. The highest BCUT2D eigenvalue weighted by molar-refractivity contribution is 5.47. The molecule has 0 aliphatic carbocycles. The van der Waals surface area contributed by atoms with Crippen molar-refractivity contribution < 1.29 is 0 Å². The molecule has 0 aliphatic heterocycles. The van der Waals surface area contributed by atoms with E-state index in [1.54, 1.807) is 0 Å². The van der Waals surface area contributed by atoms with Crippen molar-refractivity contribution in [3.05, 3.63) is 53.7 Å². The van der Waals surface area contributed by atoms with Crippen molar-refractivity contribution in [2.75, 3.05) is 17.2 Å². The van der Waals surface area contributed by atoms with Gasteiger partial charge in [-0.2, -0.15) is 0 Å². The second-order valence-corrected chi connectivity index (χ2v) is 4.30. The van der Waals surface area contributed by atoms with Crippen LogP contribution >= 0.6 is 0 Å². The number of nitrogens with one attached hydrogen (secondary N) is 2. The molecule has 3 nitrogen and oxygen atoms in total. The van der Waals surface area contributed by atoms with Crippen LogP contribution in [0.25, 0.3) is 0 Å². The Morgan fingerprint density at radius 3 is 2.39 bits per heavy atom. The zero-order chi connectivity index (χ0) is 12.8. The van der Waals surface area contributed by atoms with E-state index in [9.17, 15) is 0 Å². The summed E-state index contributed by atoms with van der Waals surface area (Å²) < 4.78 is 0. The summed E-state index contributed by atoms with van der Waals surface area (Å²) in [5, 5.41) is 6.54. The van der Waals surface area contributed by atoms with Crippen LogP contribution in [-0.4, -0.2) is 11.5 Å². The number of aromatic nitrogens is 1. The van der Waals surface area contributed by atoms with Crippen LogP contribution in [0.5, 0.6) is 0 Å². The molecule has 0 atom stereocenters. The van der Waals surface area contributed by atoms with Gasteiger partial charge >= 0.3 is 0 Å². The topological polar surface area (TPSA) is 37.0 Å². The lowest BCUT2D eigenvalue weighted by molar-refractivity contribution is 1.10. The van der Waals surface area contributed by atoms with Crippen molar-refractivity contribution >= 4 is 11.5 Å². The van der Waals surface area contributed by atoms with E-state index in [4.69, 9.17) is 0 Å². The average Bonchev–Trinajstić information content (AvgIpc) is 2.40. The minimum atomic E-state index is 0.799. The molecule has 0 unspecified atom stereocenters. The van der Waals surface area contributed by atoms with Gasteiger partial charge in [0.25, 0.3) is 0 Å². The minimum Gasteiger partial charge on any atom is -0.384 e. The zero-order valence-corrected chi connectivity index (χ0v) is 10.9. The second-order valence-electron chi connectivity index (χ2n) is 4.30. The molecule has 2 aromatic rings. The van der Waals surface area contributed by atoms with Crippen LogP contribution in [0.15, 0.2) is 42.6 Å². The molecule has 0 saturated heterocycles. The molecule has 1 heterocycles. The first-order chi connectivity index (χ1) is 8.78. The number of hydrogen-bond acceptors (Lipinski definition) is 3. The lowest BCUT2D eigenvalue weighted by atomic mass is 10.1. The van der Waals surface area contributed by atoms with Crippen LogP contribution in [-0.2, 0) is 6.54 Å². The molecule has 0 bridgehead atoms. The molecule has 0 amide bonds. The molecule has 1 aromatic heterocycles. The molecule has 3 heteroatoms. The molecule has 0 aliphatic rings. The summed E-state index contributed by atoms with van der Waals surface area (Å²) in [5.74, 6) is 0.900. The summed E-state index contributed by atoms with van der Waals surface area (Å²) in [7, 11) is 0. The number of rotatable bonds is 5. The van der Waals surface area contributed by atoms with Crippen LogP contribution in [0.3, 0.4) is 0 Å². The maximum Gasteiger partial charge on any atom is 0.126 e. The molecular formula is C15H19N3. The quantitative estimate of drug-likeness (QED) is 0.842. The van der Waals surface area contributed by atoms with Gasteiger partial charge in [-0.25, -0.2) is 4.98 Å². The molecular weight excluding hydrogens is 222 g/mol. The largest absolute Gasteiger partial charge is 0.384 e. The van der Waals surface area contributed by atoms with E-state index in [-0.39, 0.29) is 0 Å². The summed E-state index contributed by atoms with van der Waals surface area (Å²) in [6.07, 6.45) is 1.85. The number of hydrogen-bond donors (Lipinski definition) is 2. The highest BCUT2D eigenvalue weighted by Gasteiger charge is 1.96. The van der Waals surface area contributed by atoms with Crippen LogP contribution in [0.2, 0.25) is 0 Å². The minimum absolute atomic E-state index is 0.799. The first-order valence-electron chi connectivity index (χ1n) is 6.27. The Kier molecular flexibility index (Phi) is 4.18. The number of anilines is 2. The van der Waals surface area contributed by atoms with Crippen molar-refractivity contribution in [3.8, 4) is 0 Å². The third-order valence-electron chi connectivity index (χ3n) is 2.74. The van der Waals surface area contributed by atoms with Gasteiger partial charge in [-0.15, -0.1) is 0 Å². The van der Waals surface area contributed by atoms with Gasteiger partial charge in [0, 0.05) is 13.1 Å². The van der Waals surface area contributed by atoms with Gasteiger partial charge < -0.3 is 10.6 Å². The fourth-order valence-electron chi connectivity index (χ4n) is 1.71. The smallest absolute Gasteiger partial charge is 0.126 e. The zero-order valence-electron chi connectivity index (χ0n) is 10.9. The van der Waals surface area contributed by atoms with Crippen molar-refractivity contribution in [3.63, 3.8) is 0 Å². The van der Waals surface area contributed by atoms with Crippen LogP contribution in [0.4, 0.5) is 11.5 Å². The van der Waals surface area contributed by atoms with E-state index in [1.165, 1.54) is 11.1 Å². The molecule has 94 valence electrons. The number of aryl methyl sites for hydroxylation is 1. The standard InChI is InChI=1S/C15H19N3/c1-3-16-14-8-9-15(18-11-14)17-10-13-6-4-12(2)5-7-13/h4-9,11,16H,3,10H2,1-2H3,(H,17,18). The van der Waals surface area contributed by atoms with E-state index in [0.717, 1.165) is 24.6 Å². The Hall–Kier alpha value is -2.03. The lowest BCUT2D eigenvalue weighted by Crippen LogP contribution is -2.02. The van der Waals surface area contributed by atoms with E-state index < -0.39 is 0 Å². The molecule has 0 saturated carbocycles. The fraction of sp³-hybridized carbons (Fsp3) is 0.267. The second kappa shape index (κ2) is 6.05. The molecule has 1 aromatic carbocycles. The number of nitrogens with zero attached hydrogens (tertiary/aromatic N) is 1. The summed E-state index contributed by atoms with van der Waals surface area (Å²) in [6.45, 7) is 5.88. The Bertz CT molecular complexity index is 474. The first kappa shape index (κ1) is 12.4. The van der Waals surface area contributed by atoms with Gasteiger partial charge in [0.15, 0.2) is 0 Å². The van der Waals surface area contributed by atoms with Gasteiger partial charge in [0.1, 0.15) is 5.82 Å². The van der Waals surface area contributed by atoms with Crippen molar-refractivity contribution in [1.29, 1.82) is 0 Å². The maximum atomic E-state index is 4.36. The normalized spacial score (nSPS) is 10.1. The van der Waals surface area contributed by atoms with E-state index in [0.29, 0.717) is 0 Å². The van der Waals surface area contributed by atoms with Gasteiger partial charge in [0.2, 0.25) is 0 Å². The number of benzene rings is 1. The van der Waals surface area contributed by atoms with E-state index >= 15 is 0 Å². The van der Waals surface area contributed by atoms with Crippen LogP contribution < -0.4 is 10.6 Å². The Labute approximate surface area is 108 Å². The van der Waals surface area contributed by atoms with Gasteiger partial charge in [-0.1, -0.05) is 29.8 Å². The molecule has 0 fully saturated rings. The Morgan fingerprint density at radius 2 is 1.78 bits per heavy atom. The monoisotopic (exact) mass is 241 g/mol. The Balaban J connectivity index is 1.91.